The average Bonchev–Trinajstić information content (AvgIpc) is 2.68. The lowest BCUT2D eigenvalue weighted by atomic mass is 9.85. The van der Waals surface area contributed by atoms with Crippen molar-refractivity contribution >= 4 is 11.9 Å². The van der Waals surface area contributed by atoms with Gasteiger partial charge < -0.3 is 15.4 Å². The van der Waals surface area contributed by atoms with E-state index < -0.39 is 11.6 Å². The van der Waals surface area contributed by atoms with Crippen LogP contribution in [0, 0.1) is 6.92 Å². The van der Waals surface area contributed by atoms with Crippen LogP contribution in [0.4, 0.5) is 0 Å². The molecule has 2 N–H and O–H groups in total. The van der Waals surface area contributed by atoms with Crippen molar-refractivity contribution in [3.8, 4) is 0 Å². The maximum Gasteiger partial charge on any atom is 0.326 e. The minimum atomic E-state index is -0.627. The van der Waals surface area contributed by atoms with Crippen LogP contribution in [0.2, 0.25) is 0 Å². The molecule has 1 fully saturated rings. The van der Waals surface area contributed by atoms with Crippen LogP contribution in [-0.4, -0.2) is 31.5 Å². The highest BCUT2D eigenvalue weighted by Gasteiger charge is 2.37. The van der Waals surface area contributed by atoms with Crippen molar-refractivity contribution in [3.05, 3.63) is 71.3 Å². The van der Waals surface area contributed by atoms with E-state index in [2.05, 4.69) is 10.6 Å². The minimum absolute atomic E-state index is 0.144. The lowest BCUT2D eigenvalue weighted by molar-refractivity contribution is -0.163. The fraction of sp³-hybridized carbons (Fsp3) is 0.333. The van der Waals surface area contributed by atoms with E-state index in [9.17, 15) is 9.59 Å². The summed E-state index contributed by atoms with van der Waals surface area (Å²) in [4.78, 5) is 24.6. The van der Waals surface area contributed by atoms with E-state index in [0.717, 1.165) is 24.2 Å². The Balaban J connectivity index is 1.63. The highest BCUT2D eigenvalue weighted by molar-refractivity contribution is 5.95. The van der Waals surface area contributed by atoms with Crippen molar-refractivity contribution in [1.29, 1.82) is 0 Å². The summed E-state index contributed by atoms with van der Waals surface area (Å²) >= 11 is 0. The Morgan fingerprint density at radius 2 is 1.69 bits per heavy atom. The van der Waals surface area contributed by atoms with Gasteiger partial charge in [-0.15, -0.1) is 0 Å². The molecule has 2 aromatic carbocycles. The lowest BCUT2D eigenvalue weighted by Gasteiger charge is -2.37. The first-order valence-corrected chi connectivity index (χ1v) is 8.92. The minimum Gasteiger partial charge on any atom is -0.453 e. The van der Waals surface area contributed by atoms with Gasteiger partial charge in [-0.3, -0.25) is 9.59 Å². The predicted octanol–water partition coefficient (Wildman–Crippen LogP) is 2.55. The predicted molar refractivity (Wildman–Crippen MR) is 99.8 cm³/mol. The summed E-state index contributed by atoms with van der Waals surface area (Å²) in [5, 5.41) is 5.95. The third kappa shape index (κ3) is 4.29. The number of amides is 1. The molecule has 5 heteroatoms. The maximum absolute atomic E-state index is 12.4. The number of rotatable bonds is 5. The van der Waals surface area contributed by atoms with Crippen molar-refractivity contribution in [2.24, 2.45) is 0 Å². The molecule has 0 bridgehead atoms. The smallest absolute Gasteiger partial charge is 0.326 e. The van der Waals surface area contributed by atoms with Crippen LogP contribution in [-0.2, 0) is 15.1 Å². The van der Waals surface area contributed by atoms with Crippen LogP contribution < -0.4 is 10.6 Å². The third-order valence-corrected chi connectivity index (χ3v) is 4.73. The average molecular weight is 352 g/mol. The molecule has 1 heterocycles. The van der Waals surface area contributed by atoms with E-state index in [0.29, 0.717) is 18.4 Å². The molecule has 5 nitrogen and oxygen atoms in total. The summed E-state index contributed by atoms with van der Waals surface area (Å²) in [7, 11) is 0. The number of nitrogens with one attached hydrogen (secondary N) is 2. The van der Waals surface area contributed by atoms with E-state index in [-0.39, 0.29) is 12.5 Å². The van der Waals surface area contributed by atoms with Gasteiger partial charge in [0.25, 0.3) is 5.91 Å². The zero-order chi connectivity index (χ0) is 18.4. The molecule has 0 atom stereocenters. The molecule has 0 radical (unpaired) electrons. The number of ether oxygens (including phenoxy) is 1. The van der Waals surface area contributed by atoms with Gasteiger partial charge >= 0.3 is 5.97 Å². The number of aryl methyl sites for hydroxylation is 1. The molecule has 0 spiro atoms. The van der Waals surface area contributed by atoms with Gasteiger partial charge in [-0.25, -0.2) is 0 Å². The Kier molecular flexibility index (Phi) is 5.68. The number of piperidine rings is 1. The van der Waals surface area contributed by atoms with Gasteiger partial charge in [0, 0.05) is 18.4 Å². The quantitative estimate of drug-likeness (QED) is 0.812. The number of esters is 1. The monoisotopic (exact) mass is 352 g/mol. The van der Waals surface area contributed by atoms with Crippen LogP contribution >= 0.6 is 0 Å². The number of carbonyl (C=O) groups is 2. The zero-order valence-electron chi connectivity index (χ0n) is 15.0. The van der Waals surface area contributed by atoms with Gasteiger partial charge in [0.1, 0.15) is 12.1 Å². The van der Waals surface area contributed by atoms with Gasteiger partial charge in [-0.2, -0.15) is 0 Å². The van der Waals surface area contributed by atoms with Gasteiger partial charge in [0.15, 0.2) is 0 Å². The molecule has 26 heavy (non-hydrogen) atoms. The van der Waals surface area contributed by atoms with E-state index in [4.69, 9.17) is 4.74 Å². The van der Waals surface area contributed by atoms with Gasteiger partial charge in [0.2, 0.25) is 0 Å². The van der Waals surface area contributed by atoms with Gasteiger partial charge in [-0.05, 0) is 37.7 Å². The Labute approximate surface area is 153 Å². The highest BCUT2D eigenvalue weighted by atomic mass is 16.6. The van der Waals surface area contributed by atoms with Crippen molar-refractivity contribution < 1.29 is 14.3 Å². The van der Waals surface area contributed by atoms with E-state index in [1.165, 1.54) is 0 Å². The third-order valence-electron chi connectivity index (χ3n) is 4.73. The molecule has 1 aliphatic heterocycles. The van der Waals surface area contributed by atoms with E-state index >= 15 is 0 Å². The standard InChI is InChI=1S/C21H24N2O3/c1-16-7-9-17(10-8-16)20(25)23-15-19(24)26-21(11-13-22-14-12-21)18-5-3-2-4-6-18/h2-10,22H,11-15H2,1H3,(H,23,25). The Morgan fingerprint density at radius 1 is 1.04 bits per heavy atom. The summed E-state index contributed by atoms with van der Waals surface area (Å²) in [5.74, 6) is -0.697. The first-order chi connectivity index (χ1) is 12.6. The first-order valence-electron chi connectivity index (χ1n) is 8.92. The molecule has 0 aliphatic carbocycles. The summed E-state index contributed by atoms with van der Waals surface area (Å²) in [6, 6.07) is 17.1. The maximum atomic E-state index is 12.4. The Bertz CT molecular complexity index is 751. The number of hydrogen-bond acceptors (Lipinski definition) is 4. The number of benzene rings is 2. The second kappa shape index (κ2) is 8.15. The molecule has 0 aromatic heterocycles. The largest absolute Gasteiger partial charge is 0.453 e. The van der Waals surface area contributed by atoms with E-state index in [1.54, 1.807) is 12.1 Å². The summed E-state index contributed by atoms with van der Waals surface area (Å²) in [5.41, 5.74) is 1.98. The fourth-order valence-electron chi connectivity index (χ4n) is 3.24. The molecule has 0 unspecified atom stereocenters. The zero-order valence-corrected chi connectivity index (χ0v) is 15.0. The molecule has 2 aromatic rings. The molecule has 1 aliphatic rings. The van der Waals surface area contributed by atoms with Crippen LogP contribution in [0.15, 0.2) is 54.6 Å². The normalized spacial score (nSPS) is 15.9. The topological polar surface area (TPSA) is 67.4 Å². The summed E-state index contributed by atoms with van der Waals surface area (Å²) < 4.78 is 5.88. The molecule has 136 valence electrons. The van der Waals surface area contributed by atoms with Gasteiger partial charge in [0.05, 0.1) is 0 Å². The van der Waals surface area contributed by atoms with Crippen molar-refractivity contribution in [3.63, 3.8) is 0 Å². The summed E-state index contributed by atoms with van der Waals surface area (Å²) in [6.45, 7) is 3.39. The van der Waals surface area contributed by atoms with Crippen LogP contribution in [0.3, 0.4) is 0 Å². The SMILES string of the molecule is Cc1ccc(C(=O)NCC(=O)OC2(c3ccccc3)CCNCC2)cc1. The van der Waals surface area contributed by atoms with Gasteiger partial charge in [-0.1, -0.05) is 48.0 Å². The molecule has 1 amide bonds. The van der Waals surface area contributed by atoms with Crippen LogP contribution in [0.25, 0.3) is 0 Å². The fourth-order valence-corrected chi connectivity index (χ4v) is 3.24. The molecular weight excluding hydrogens is 328 g/mol. The number of hydrogen-bond donors (Lipinski definition) is 2. The van der Waals surface area contributed by atoms with Crippen molar-refractivity contribution in [1.82, 2.24) is 10.6 Å². The second-order valence-electron chi connectivity index (χ2n) is 6.63. The second-order valence-corrected chi connectivity index (χ2v) is 6.63. The van der Waals surface area contributed by atoms with Crippen molar-refractivity contribution in [2.75, 3.05) is 19.6 Å². The van der Waals surface area contributed by atoms with Crippen molar-refractivity contribution in [2.45, 2.75) is 25.4 Å². The lowest BCUT2D eigenvalue weighted by Crippen LogP contribution is -2.44. The summed E-state index contributed by atoms with van der Waals surface area (Å²) in [6.07, 6.45) is 1.43. The Morgan fingerprint density at radius 3 is 2.35 bits per heavy atom. The molecular formula is C21H24N2O3. The van der Waals surface area contributed by atoms with Crippen LogP contribution in [0.5, 0.6) is 0 Å². The van der Waals surface area contributed by atoms with Crippen LogP contribution in [0.1, 0.15) is 34.3 Å². The molecule has 0 saturated carbocycles. The first kappa shape index (κ1) is 18.1. The van der Waals surface area contributed by atoms with E-state index in [1.807, 2.05) is 49.4 Å². The Hall–Kier alpha value is -2.66. The number of carbonyl (C=O) groups excluding carboxylic acids is 2. The molecule has 1 saturated heterocycles. The highest BCUT2D eigenvalue weighted by Crippen LogP contribution is 2.34. The molecule has 3 rings (SSSR count).